The van der Waals surface area contributed by atoms with E-state index in [0.717, 1.165) is 19.6 Å². The zero-order valence-electron chi connectivity index (χ0n) is 5.47. The van der Waals surface area contributed by atoms with Crippen LogP contribution in [0.2, 0.25) is 0 Å². The molecule has 1 aliphatic heterocycles. The molecule has 0 aromatic rings. The second kappa shape index (κ2) is 3.73. The van der Waals surface area contributed by atoms with Crippen molar-refractivity contribution >= 4 is 22.6 Å². The minimum atomic E-state index is 0.269. The van der Waals surface area contributed by atoms with Gasteiger partial charge in [-0.15, -0.1) is 0 Å². The monoisotopic (exact) mass is 242 g/mol. The number of halogens is 1. The summed E-state index contributed by atoms with van der Waals surface area (Å²) in [6.45, 7) is 3.63. The number of rotatable bonds is 1. The summed E-state index contributed by atoms with van der Waals surface area (Å²) in [6, 6.07) is 0. The predicted molar refractivity (Wildman–Crippen MR) is 43.8 cm³/mol. The standard InChI is InChI=1S/C6H11IO2/c1-2-5-3-9-6(7)4-8-5/h5-6H,2-4H2,1H3. The second-order valence-corrected chi connectivity index (χ2v) is 3.50. The molecule has 2 atom stereocenters. The minimum absolute atomic E-state index is 0.269. The molecular weight excluding hydrogens is 231 g/mol. The Kier molecular flexibility index (Phi) is 3.21. The normalized spacial score (nSPS) is 36.7. The molecule has 9 heavy (non-hydrogen) atoms. The summed E-state index contributed by atoms with van der Waals surface area (Å²) in [4.78, 5) is 0. The van der Waals surface area contributed by atoms with Gasteiger partial charge in [-0.2, -0.15) is 0 Å². The molecule has 1 fully saturated rings. The fraction of sp³-hybridized carbons (Fsp3) is 1.00. The Morgan fingerprint density at radius 1 is 1.44 bits per heavy atom. The first-order chi connectivity index (χ1) is 4.33. The highest BCUT2D eigenvalue weighted by Crippen LogP contribution is 2.13. The smallest absolute Gasteiger partial charge is 0.132 e. The number of hydrogen-bond donors (Lipinski definition) is 0. The van der Waals surface area contributed by atoms with E-state index in [0.29, 0.717) is 6.10 Å². The van der Waals surface area contributed by atoms with Crippen molar-refractivity contribution in [1.29, 1.82) is 0 Å². The van der Waals surface area contributed by atoms with Crippen LogP contribution < -0.4 is 0 Å². The first kappa shape index (κ1) is 7.75. The average Bonchev–Trinajstić information content (AvgIpc) is 1.90. The molecular formula is C6H11IO2. The van der Waals surface area contributed by atoms with Gasteiger partial charge in [0.1, 0.15) is 4.11 Å². The van der Waals surface area contributed by atoms with E-state index >= 15 is 0 Å². The predicted octanol–water partition coefficient (Wildman–Crippen LogP) is 1.57. The molecule has 1 heterocycles. The maximum Gasteiger partial charge on any atom is 0.132 e. The van der Waals surface area contributed by atoms with Crippen molar-refractivity contribution in [3.05, 3.63) is 0 Å². The van der Waals surface area contributed by atoms with E-state index in [1.165, 1.54) is 0 Å². The molecule has 0 saturated carbocycles. The Labute approximate surface area is 69.0 Å². The van der Waals surface area contributed by atoms with E-state index in [4.69, 9.17) is 9.47 Å². The van der Waals surface area contributed by atoms with Gasteiger partial charge >= 0.3 is 0 Å². The molecule has 2 nitrogen and oxygen atoms in total. The molecule has 1 aliphatic rings. The lowest BCUT2D eigenvalue weighted by atomic mass is 10.3. The zero-order valence-corrected chi connectivity index (χ0v) is 7.63. The maximum absolute atomic E-state index is 5.41. The van der Waals surface area contributed by atoms with Crippen molar-refractivity contribution < 1.29 is 9.47 Å². The summed E-state index contributed by atoms with van der Waals surface area (Å²) in [5, 5.41) is 0. The summed E-state index contributed by atoms with van der Waals surface area (Å²) >= 11 is 2.24. The third kappa shape index (κ3) is 2.39. The van der Waals surface area contributed by atoms with Crippen LogP contribution in [0.25, 0.3) is 0 Å². The van der Waals surface area contributed by atoms with Crippen LogP contribution in [0.1, 0.15) is 13.3 Å². The largest absolute Gasteiger partial charge is 0.372 e. The SMILES string of the molecule is CCC1COC(I)CO1. The molecule has 0 bridgehead atoms. The minimum Gasteiger partial charge on any atom is -0.372 e. The summed E-state index contributed by atoms with van der Waals surface area (Å²) in [5.74, 6) is 0. The maximum atomic E-state index is 5.41. The molecule has 0 spiro atoms. The van der Waals surface area contributed by atoms with Crippen molar-refractivity contribution in [2.45, 2.75) is 23.6 Å². The molecule has 0 amide bonds. The third-order valence-electron chi connectivity index (χ3n) is 1.38. The molecule has 1 saturated heterocycles. The lowest BCUT2D eigenvalue weighted by Crippen LogP contribution is -2.31. The van der Waals surface area contributed by atoms with Gasteiger partial charge in [-0.3, -0.25) is 0 Å². The van der Waals surface area contributed by atoms with Gasteiger partial charge < -0.3 is 9.47 Å². The van der Waals surface area contributed by atoms with Gasteiger partial charge in [-0.05, 0) is 29.0 Å². The van der Waals surface area contributed by atoms with Crippen LogP contribution in [0.4, 0.5) is 0 Å². The fourth-order valence-corrected chi connectivity index (χ4v) is 1.17. The molecule has 3 heteroatoms. The summed E-state index contributed by atoms with van der Waals surface area (Å²) in [7, 11) is 0. The van der Waals surface area contributed by atoms with Crippen molar-refractivity contribution in [3.63, 3.8) is 0 Å². The van der Waals surface area contributed by atoms with E-state index in [2.05, 4.69) is 29.5 Å². The summed E-state index contributed by atoms with van der Waals surface area (Å²) < 4.78 is 11.0. The quantitative estimate of drug-likeness (QED) is 0.513. The van der Waals surface area contributed by atoms with Crippen LogP contribution in [0.3, 0.4) is 0 Å². The highest BCUT2D eigenvalue weighted by molar-refractivity contribution is 14.1. The highest BCUT2D eigenvalue weighted by Gasteiger charge is 2.17. The second-order valence-electron chi connectivity index (χ2n) is 2.11. The number of alkyl halides is 1. The van der Waals surface area contributed by atoms with Gasteiger partial charge in [0.15, 0.2) is 0 Å². The first-order valence-electron chi connectivity index (χ1n) is 3.20. The van der Waals surface area contributed by atoms with E-state index < -0.39 is 0 Å². The molecule has 0 N–H and O–H groups in total. The van der Waals surface area contributed by atoms with Gasteiger partial charge in [0.2, 0.25) is 0 Å². The lowest BCUT2D eigenvalue weighted by molar-refractivity contribution is -0.0963. The number of ether oxygens (including phenoxy) is 2. The topological polar surface area (TPSA) is 18.5 Å². The Hall–Kier alpha value is 0.650. The summed E-state index contributed by atoms with van der Waals surface area (Å²) in [5.41, 5.74) is 0. The molecule has 54 valence electrons. The van der Waals surface area contributed by atoms with Crippen LogP contribution in [-0.2, 0) is 9.47 Å². The lowest BCUT2D eigenvalue weighted by Gasteiger charge is -2.25. The van der Waals surface area contributed by atoms with E-state index in [9.17, 15) is 0 Å². The van der Waals surface area contributed by atoms with Gasteiger partial charge in [0, 0.05) is 0 Å². The van der Waals surface area contributed by atoms with Crippen molar-refractivity contribution in [1.82, 2.24) is 0 Å². The van der Waals surface area contributed by atoms with Crippen LogP contribution in [0, 0.1) is 0 Å². The fourth-order valence-electron chi connectivity index (χ4n) is 0.755. The van der Waals surface area contributed by atoms with Crippen molar-refractivity contribution in [2.24, 2.45) is 0 Å². The average molecular weight is 242 g/mol. The summed E-state index contributed by atoms with van der Waals surface area (Å²) in [6.07, 6.45) is 1.40. The van der Waals surface area contributed by atoms with Gasteiger partial charge in [-0.1, -0.05) is 6.92 Å². The van der Waals surface area contributed by atoms with Gasteiger partial charge in [-0.25, -0.2) is 0 Å². The van der Waals surface area contributed by atoms with Crippen molar-refractivity contribution in [2.75, 3.05) is 13.2 Å². The third-order valence-corrected chi connectivity index (χ3v) is 2.10. The van der Waals surface area contributed by atoms with Gasteiger partial charge in [0.05, 0.1) is 19.3 Å². The Bertz CT molecular complexity index is 79.1. The van der Waals surface area contributed by atoms with E-state index in [-0.39, 0.29) is 4.11 Å². The van der Waals surface area contributed by atoms with E-state index in [1.807, 2.05) is 0 Å². The Morgan fingerprint density at radius 3 is 2.67 bits per heavy atom. The van der Waals surface area contributed by atoms with E-state index in [1.54, 1.807) is 0 Å². The number of hydrogen-bond acceptors (Lipinski definition) is 2. The zero-order chi connectivity index (χ0) is 6.69. The first-order valence-corrected chi connectivity index (χ1v) is 4.44. The molecule has 0 aromatic heterocycles. The molecule has 2 unspecified atom stereocenters. The van der Waals surface area contributed by atoms with Crippen LogP contribution in [0.15, 0.2) is 0 Å². The van der Waals surface area contributed by atoms with Crippen LogP contribution in [-0.4, -0.2) is 23.4 Å². The Balaban J connectivity index is 2.18. The molecule has 0 aliphatic carbocycles. The molecule has 0 radical (unpaired) electrons. The molecule has 1 rings (SSSR count). The van der Waals surface area contributed by atoms with Crippen LogP contribution in [0.5, 0.6) is 0 Å². The van der Waals surface area contributed by atoms with Gasteiger partial charge in [0.25, 0.3) is 0 Å². The highest BCUT2D eigenvalue weighted by atomic mass is 127. The molecule has 0 aromatic carbocycles. The Morgan fingerprint density at radius 2 is 2.22 bits per heavy atom. The van der Waals surface area contributed by atoms with Crippen LogP contribution >= 0.6 is 22.6 Å². The van der Waals surface area contributed by atoms with Crippen molar-refractivity contribution in [3.8, 4) is 0 Å².